The predicted molar refractivity (Wildman–Crippen MR) is 23.2 cm³/mol. The van der Waals surface area contributed by atoms with Crippen LogP contribution in [-0.4, -0.2) is 12.7 Å². The minimum Gasteiger partial charge on any atom is -0.201 e. The Kier molecular flexibility index (Phi) is 1.99. The van der Waals surface area contributed by atoms with Crippen LogP contribution in [0.4, 0.5) is 0 Å². The van der Waals surface area contributed by atoms with Crippen molar-refractivity contribution >= 4 is 0 Å². The lowest BCUT2D eigenvalue weighted by molar-refractivity contribution is -0.672. The van der Waals surface area contributed by atoms with Crippen molar-refractivity contribution in [3.05, 3.63) is 12.7 Å². The average molecular weight is 118 g/mol. The summed E-state index contributed by atoms with van der Waals surface area (Å²) >= 11 is 0. The highest BCUT2D eigenvalue weighted by Crippen LogP contribution is 2.02. The van der Waals surface area contributed by atoms with Crippen molar-refractivity contribution in [3.8, 4) is 0 Å². The fraction of sp³-hybridized carbons (Fsp3) is 0.500. The molecule has 1 heterocycles. The van der Waals surface area contributed by atoms with E-state index in [4.69, 9.17) is 0 Å². The summed E-state index contributed by atoms with van der Waals surface area (Å²) in [4.78, 5) is 8.82. The van der Waals surface area contributed by atoms with E-state index in [-0.39, 0.29) is 6.10 Å². The summed E-state index contributed by atoms with van der Waals surface area (Å²) in [6, 6.07) is 0. The van der Waals surface area contributed by atoms with E-state index in [1.807, 2.05) is 0 Å². The molecule has 0 aromatic rings. The van der Waals surface area contributed by atoms with E-state index < -0.39 is 0 Å². The molecule has 0 spiro atoms. The van der Waals surface area contributed by atoms with E-state index in [1.54, 1.807) is 6.08 Å². The first-order valence-corrected chi connectivity index (χ1v) is 2.17. The first-order chi connectivity index (χ1) is 3.93. The van der Waals surface area contributed by atoms with E-state index in [0.29, 0.717) is 6.61 Å². The molecule has 1 saturated heterocycles. The fourth-order valence-corrected chi connectivity index (χ4v) is 0.316. The zero-order valence-corrected chi connectivity index (χ0v) is 4.20. The van der Waals surface area contributed by atoms with E-state index in [0.717, 1.165) is 0 Å². The Labute approximate surface area is 46.4 Å². The Morgan fingerprint density at radius 2 is 2.38 bits per heavy atom. The molecule has 0 amide bonds. The highest BCUT2D eigenvalue weighted by Gasteiger charge is 2.12. The Balaban J connectivity index is 2.22. The van der Waals surface area contributed by atoms with Gasteiger partial charge in [-0.15, -0.1) is 6.58 Å². The SMILES string of the molecule is C=CC1COOOO1. The van der Waals surface area contributed by atoms with Gasteiger partial charge in [-0.3, -0.25) is 0 Å². The molecule has 1 rings (SSSR count). The summed E-state index contributed by atoms with van der Waals surface area (Å²) in [5, 5.41) is 7.91. The van der Waals surface area contributed by atoms with Gasteiger partial charge in [0.15, 0.2) is 0 Å². The molecule has 1 aliphatic rings. The van der Waals surface area contributed by atoms with Crippen LogP contribution in [0.2, 0.25) is 0 Å². The van der Waals surface area contributed by atoms with Gasteiger partial charge < -0.3 is 0 Å². The third-order valence-electron chi connectivity index (χ3n) is 0.734. The maximum atomic E-state index is 4.46. The van der Waals surface area contributed by atoms with Gasteiger partial charge >= 0.3 is 0 Å². The number of hydrogen-bond donors (Lipinski definition) is 0. The Morgan fingerprint density at radius 3 is 2.75 bits per heavy atom. The van der Waals surface area contributed by atoms with Gasteiger partial charge in [0.25, 0.3) is 0 Å². The molecule has 0 radical (unpaired) electrons. The molecule has 1 fully saturated rings. The summed E-state index contributed by atoms with van der Waals surface area (Å²) in [6.07, 6.45) is 1.34. The van der Waals surface area contributed by atoms with E-state index >= 15 is 0 Å². The molecule has 4 heteroatoms. The second kappa shape index (κ2) is 2.78. The van der Waals surface area contributed by atoms with Crippen molar-refractivity contribution in [2.45, 2.75) is 6.10 Å². The molecule has 0 saturated carbocycles. The largest absolute Gasteiger partial charge is 0.201 e. The van der Waals surface area contributed by atoms with Crippen molar-refractivity contribution in [1.82, 2.24) is 0 Å². The molecule has 0 N–H and O–H groups in total. The molecule has 0 bridgehead atoms. The summed E-state index contributed by atoms with van der Waals surface area (Å²) in [7, 11) is 0. The Bertz CT molecular complexity index is 76.1. The molecule has 0 aromatic heterocycles. The zero-order chi connectivity index (χ0) is 5.82. The minimum atomic E-state index is -0.219. The quantitative estimate of drug-likeness (QED) is 0.368. The molecule has 0 aliphatic carbocycles. The van der Waals surface area contributed by atoms with Gasteiger partial charge in [-0.2, -0.15) is 4.89 Å². The molecule has 1 aliphatic heterocycles. The lowest BCUT2D eigenvalue weighted by Gasteiger charge is -2.14. The van der Waals surface area contributed by atoms with Crippen LogP contribution >= 0.6 is 0 Å². The van der Waals surface area contributed by atoms with Gasteiger partial charge in [-0.1, -0.05) is 6.08 Å². The van der Waals surface area contributed by atoms with Crippen molar-refractivity contribution in [3.63, 3.8) is 0 Å². The van der Waals surface area contributed by atoms with Crippen LogP contribution in [0.15, 0.2) is 12.7 Å². The number of rotatable bonds is 1. The smallest absolute Gasteiger partial charge is 0.141 e. The lowest BCUT2D eigenvalue weighted by Crippen LogP contribution is -2.23. The van der Waals surface area contributed by atoms with Gasteiger partial charge in [-0.05, 0) is 10.1 Å². The van der Waals surface area contributed by atoms with Crippen LogP contribution in [-0.2, 0) is 19.9 Å². The maximum Gasteiger partial charge on any atom is 0.141 e. The van der Waals surface area contributed by atoms with Gasteiger partial charge in [0, 0.05) is 0 Å². The van der Waals surface area contributed by atoms with Crippen LogP contribution in [0.25, 0.3) is 0 Å². The van der Waals surface area contributed by atoms with Crippen LogP contribution in [0.1, 0.15) is 0 Å². The summed E-state index contributed by atoms with van der Waals surface area (Å²) in [5.74, 6) is 0. The first kappa shape index (κ1) is 5.71. The highest BCUT2D eigenvalue weighted by atomic mass is 17.7. The summed E-state index contributed by atoms with van der Waals surface area (Å²) in [6.45, 7) is 3.77. The predicted octanol–water partition coefficient (Wildman–Crippen LogP) is 0.366. The molecule has 1 atom stereocenters. The fourth-order valence-electron chi connectivity index (χ4n) is 0.316. The van der Waals surface area contributed by atoms with Gasteiger partial charge in [0.05, 0.1) is 0 Å². The Morgan fingerprint density at radius 1 is 1.50 bits per heavy atom. The highest BCUT2D eigenvalue weighted by molar-refractivity contribution is 4.77. The minimum absolute atomic E-state index is 0.219. The van der Waals surface area contributed by atoms with Gasteiger partial charge in [0.2, 0.25) is 0 Å². The standard InChI is InChI=1S/C4H6O4/c1-2-4-3-5-7-8-6-4/h2,4H,1,3H2. The van der Waals surface area contributed by atoms with E-state index in [1.165, 1.54) is 0 Å². The summed E-state index contributed by atoms with van der Waals surface area (Å²) < 4.78 is 0. The topological polar surface area (TPSA) is 36.9 Å². The monoisotopic (exact) mass is 118 g/mol. The van der Waals surface area contributed by atoms with E-state index in [2.05, 4.69) is 26.4 Å². The first-order valence-electron chi connectivity index (χ1n) is 2.17. The van der Waals surface area contributed by atoms with Crippen LogP contribution in [0, 0.1) is 0 Å². The zero-order valence-electron chi connectivity index (χ0n) is 4.20. The second-order valence-corrected chi connectivity index (χ2v) is 1.29. The summed E-state index contributed by atoms with van der Waals surface area (Å²) in [5.41, 5.74) is 0. The van der Waals surface area contributed by atoms with Crippen molar-refractivity contribution < 1.29 is 19.9 Å². The average Bonchev–Trinajstić information content (AvgIpc) is 1.90. The molecule has 4 nitrogen and oxygen atoms in total. The third-order valence-corrected chi connectivity index (χ3v) is 0.734. The second-order valence-electron chi connectivity index (χ2n) is 1.29. The van der Waals surface area contributed by atoms with Gasteiger partial charge in [0.1, 0.15) is 12.7 Å². The van der Waals surface area contributed by atoms with Gasteiger partial charge in [-0.25, -0.2) is 4.89 Å². The van der Waals surface area contributed by atoms with Crippen molar-refractivity contribution in [2.75, 3.05) is 6.61 Å². The molecule has 1 unspecified atom stereocenters. The van der Waals surface area contributed by atoms with Crippen LogP contribution < -0.4 is 0 Å². The third kappa shape index (κ3) is 1.28. The van der Waals surface area contributed by atoms with Crippen LogP contribution in [0.3, 0.4) is 0 Å². The van der Waals surface area contributed by atoms with Crippen LogP contribution in [0.5, 0.6) is 0 Å². The lowest BCUT2D eigenvalue weighted by atomic mass is 10.4. The Hall–Kier alpha value is -0.420. The maximum absolute atomic E-state index is 4.46. The van der Waals surface area contributed by atoms with Crippen molar-refractivity contribution in [2.24, 2.45) is 0 Å². The molecule has 46 valence electrons. The normalized spacial score (nSPS) is 29.8. The molecule has 8 heavy (non-hydrogen) atoms. The number of hydrogen-bond acceptors (Lipinski definition) is 4. The van der Waals surface area contributed by atoms with Crippen molar-refractivity contribution in [1.29, 1.82) is 0 Å². The molecular weight excluding hydrogens is 112 g/mol. The molecule has 0 aromatic carbocycles. The van der Waals surface area contributed by atoms with E-state index in [9.17, 15) is 0 Å². The molecular formula is C4H6O4.